The monoisotopic (exact) mass is 374 g/mol. The number of hydrazine groups is 1. The molecule has 1 amide bonds. The first-order chi connectivity index (χ1) is 12.3. The second-order valence-electron chi connectivity index (χ2n) is 6.80. The van der Waals surface area contributed by atoms with Crippen LogP contribution in [-0.4, -0.2) is 25.2 Å². The van der Waals surface area contributed by atoms with Crippen LogP contribution in [0.25, 0.3) is 0 Å². The molecule has 0 aromatic carbocycles. The van der Waals surface area contributed by atoms with E-state index in [1.165, 1.54) is 0 Å². The molecule has 0 aromatic rings. The third-order valence-electron chi connectivity index (χ3n) is 5.19. The number of rotatable bonds is 12. The van der Waals surface area contributed by atoms with E-state index in [4.69, 9.17) is 4.74 Å². The fourth-order valence-corrected chi connectivity index (χ4v) is 2.81. The van der Waals surface area contributed by atoms with Crippen LogP contribution in [0.15, 0.2) is 0 Å². The zero-order valence-electron chi connectivity index (χ0n) is 19.8. The molecule has 0 atom stereocenters. The Morgan fingerprint density at radius 2 is 1.38 bits per heavy atom. The Bertz CT molecular complexity index is 309. The van der Waals surface area contributed by atoms with Gasteiger partial charge in [-0.05, 0) is 44.4 Å². The lowest BCUT2D eigenvalue weighted by molar-refractivity contribution is -0.145. The third kappa shape index (κ3) is 10.5. The van der Waals surface area contributed by atoms with Crippen LogP contribution in [0, 0.1) is 11.3 Å². The van der Waals surface area contributed by atoms with Crippen LogP contribution in [0.4, 0.5) is 0 Å². The summed E-state index contributed by atoms with van der Waals surface area (Å²) in [6, 6.07) is 0. The van der Waals surface area contributed by atoms with Crippen molar-refractivity contribution >= 4 is 5.91 Å². The highest BCUT2D eigenvalue weighted by Gasteiger charge is 2.38. The van der Waals surface area contributed by atoms with E-state index >= 15 is 0 Å². The van der Waals surface area contributed by atoms with E-state index in [1.54, 1.807) is 7.05 Å². The lowest BCUT2D eigenvalue weighted by atomic mass is 9.81. The van der Waals surface area contributed by atoms with Crippen molar-refractivity contribution in [1.82, 2.24) is 10.9 Å². The van der Waals surface area contributed by atoms with Crippen molar-refractivity contribution < 1.29 is 9.53 Å². The number of hydrogen-bond donors (Lipinski definition) is 2. The molecule has 0 saturated carbocycles. The first-order valence-electron chi connectivity index (χ1n) is 11.0. The predicted octanol–water partition coefficient (Wildman–Crippen LogP) is 6.11. The van der Waals surface area contributed by atoms with Crippen LogP contribution < -0.4 is 10.9 Å². The molecule has 0 heterocycles. The van der Waals surface area contributed by atoms with E-state index in [1.807, 2.05) is 27.7 Å². The summed E-state index contributed by atoms with van der Waals surface area (Å²) in [5.41, 5.74) is 4.95. The number of carbonyl (C=O) groups excluding carboxylic acids is 1. The van der Waals surface area contributed by atoms with Crippen LogP contribution in [0.1, 0.15) is 108 Å². The molecule has 0 aliphatic rings. The molecule has 0 aliphatic carbocycles. The molecular weight excluding hydrogens is 324 g/mol. The second kappa shape index (κ2) is 17.8. The van der Waals surface area contributed by atoms with E-state index in [-0.39, 0.29) is 11.5 Å². The van der Waals surface area contributed by atoms with E-state index in [0.29, 0.717) is 12.5 Å². The highest BCUT2D eigenvalue weighted by atomic mass is 16.5. The maximum Gasteiger partial charge on any atom is 0.242 e. The summed E-state index contributed by atoms with van der Waals surface area (Å²) in [5, 5.41) is 0. The van der Waals surface area contributed by atoms with Gasteiger partial charge in [-0.25, -0.2) is 5.43 Å². The number of ether oxygens (including phenoxy) is 1. The summed E-state index contributed by atoms with van der Waals surface area (Å²) in [5.74, 6) is 0.709. The number of carbonyl (C=O) groups is 1. The van der Waals surface area contributed by atoms with Gasteiger partial charge in [0, 0.05) is 7.05 Å². The molecule has 0 radical (unpaired) electrons. The van der Waals surface area contributed by atoms with Gasteiger partial charge in [0.05, 0.1) is 17.6 Å². The van der Waals surface area contributed by atoms with Gasteiger partial charge in [-0.2, -0.15) is 0 Å². The van der Waals surface area contributed by atoms with Crippen LogP contribution >= 0.6 is 0 Å². The molecule has 0 aliphatic heterocycles. The minimum Gasteiger partial charge on any atom is -0.374 e. The molecule has 0 saturated heterocycles. The van der Waals surface area contributed by atoms with Gasteiger partial charge in [0.15, 0.2) is 0 Å². The van der Waals surface area contributed by atoms with E-state index < -0.39 is 5.41 Å². The zero-order chi connectivity index (χ0) is 21.2. The van der Waals surface area contributed by atoms with Crippen molar-refractivity contribution in [2.24, 2.45) is 11.3 Å². The Morgan fingerprint density at radius 3 is 1.69 bits per heavy atom. The van der Waals surface area contributed by atoms with Gasteiger partial charge in [0.2, 0.25) is 5.91 Å². The van der Waals surface area contributed by atoms with Gasteiger partial charge in [0.25, 0.3) is 0 Å². The van der Waals surface area contributed by atoms with Crippen LogP contribution in [0.3, 0.4) is 0 Å². The molecule has 0 aromatic heterocycles. The van der Waals surface area contributed by atoms with Crippen LogP contribution in [0.5, 0.6) is 0 Å². The molecule has 0 fully saturated rings. The minimum atomic E-state index is -0.448. The van der Waals surface area contributed by atoms with Gasteiger partial charge in [-0.3, -0.25) is 10.2 Å². The van der Waals surface area contributed by atoms with E-state index in [2.05, 4.69) is 52.4 Å². The molecule has 0 spiro atoms. The first kappa shape index (κ1) is 30.1. The Kier molecular flexibility index (Phi) is 20.6. The molecular formula is C22H50N2O2. The molecule has 2 N–H and O–H groups in total. The normalized spacial score (nSPS) is 11.2. The van der Waals surface area contributed by atoms with E-state index in [0.717, 1.165) is 38.5 Å². The maximum absolute atomic E-state index is 12.4. The topological polar surface area (TPSA) is 50.4 Å². The number of amides is 1. The zero-order valence-corrected chi connectivity index (χ0v) is 19.8. The Labute approximate surface area is 165 Å². The average molecular weight is 375 g/mol. The van der Waals surface area contributed by atoms with Crippen molar-refractivity contribution in [3.63, 3.8) is 0 Å². The standard InChI is InChI=1S/C18H38N2O2.2C2H6/c1-8-17(9-2,16(21)20-19-7)14-22-18(10-3,11-4)13-12-15(5)6;2*1-2/h15,19H,8-14H2,1-7H3,(H,20,21);2*1-2H3. The molecule has 4 nitrogen and oxygen atoms in total. The fraction of sp³-hybridized carbons (Fsp3) is 0.955. The highest BCUT2D eigenvalue weighted by Crippen LogP contribution is 2.34. The van der Waals surface area contributed by atoms with Crippen LogP contribution in [-0.2, 0) is 9.53 Å². The summed E-state index contributed by atoms with van der Waals surface area (Å²) < 4.78 is 6.40. The highest BCUT2D eigenvalue weighted by molar-refractivity contribution is 5.82. The van der Waals surface area contributed by atoms with Crippen LogP contribution in [0.2, 0.25) is 0 Å². The summed E-state index contributed by atoms with van der Waals surface area (Å²) >= 11 is 0. The lowest BCUT2D eigenvalue weighted by Gasteiger charge is -2.38. The van der Waals surface area contributed by atoms with Gasteiger partial charge in [0.1, 0.15) is 0 Å². The molecule has 26 heavy (non-hydrogen) atoms. The Morgan fingerprint density at radius 1 is 0.923 bits per heavy atom. The minimum absolute atomic E-state index is 0.0324. The molecule has 0 bridgehead atoms. The summed E-state index contributed by atoms with van der Waals surface area (Å²) in [4.78, 5) is 12.4. The summed E-state index contributed by atoms with van der Waals surface area (Å²) in [7, 11) is 1.72. The molecule has 4 heteroatoms. The number of nitrogens with one attached hydrogen (secondary N) is 2. The molecule has 0 rings (SSSR count). The second-order valence-corrected chi connectivity index (χ2v) is 6.80. The third-order valence-corrected chi connectivity index (χ3v) is 5.19. The molecule has 0 unspecified atom stereocenters. The van der Waals surface area contributed by atoms with Gasteiger partial charge in [-0.1, -0.05) is 69.2 Å². The lowest BCUT2D eigenvalue weighted by Crippen LogP contribution is -2.49. The van der Waals surface area contributed by atoms with Gasteiger partial charge >= 0.3 is 0 Å². The van der Waals surface area contributed by atoms with Gasteiger partial charge in [-0.15, -0.1) is 0 Å². The number of hydrogen-bond acceptors (Lipinski definition) is 3. The smallest absolute Gasteiger partial charge is 0.242 e. The van der Waals surface area contributed by atoms with Crippen molar-refractivity contribution in [2.75, 3.05) is 13.7 Å². The average Bonchev–Trinajstić information content (AvgIpc) is 2.69. The Balaban J connectivity index is -0.00000123. The van der Waals surface area contributed by atoms with E-state index in [9.17, 15) is 4.79 Å². The maximum atomic E-state index is 12.4. The largest absolute Gasteiger partial charge is 0.374 e. The van der Waals surface area contributed by atoms with Gasteiger partial charge < -0.3 is 4.74 Å². The summed E-state index contributed by atoms with van der Waals surface area (Å²) in [6.07, 6.45) is 5.78. The van der Waals surface area contributed by atoms with Crippen molar-refractivity contribution in [2.45, 2.75) is 113 Å². The Hall–Kier alpha value is -0.610. The fourth-order valence-electron chi connectivity index (χ4n) is 2.81. The predicted molar refractivity (Wildman–Crippen MR) is 116 cm³/mol. The SMILES string of the molecule is CC.CC.CCC(CC)(CCC(C)C)OCC(CC)(CC)C(=O)NNC. The molecule has 160 valence electrons. The summed E-state index contributed by atoms with van der Waals surface area (Å²) in [6.45, 7) is 21.5. The first-order valence-corrected chi connectivity index (χ1v) is 11.0. The quantitative estimate of drug-likeness (QED) is 0.405. The van der Waals surface area contributed by atoms with Crippen molar-refractivity contribution in [3.05, 3.63) is 0 Å². The van der Waals surface area contributed by atoms with Crippen molar-refractivity contribution in [3.8, 4) is 0 Å². The van der Waals surface area contributed by atoms with Crippen molar-refractivity contribution in [1.29, 1.82) is 0 Å².